The maximum Gasteiger partial charge on any atom is 0.106 e. The standard InChI is InChI=1S/C16H16ClN3/c1-12-19-15-7-2-3-8-16(15)20(12)10-9-18-14-6-4-5-13(17)11-14/h2-8,11,18H,9-10H2,1H3. The minimum absolute atomic E-state index is 0.749. The summed E-state index contributed by atoms with van der Waals surface area (Å²) in [5, 5.41) is 4.13. The van der Waals surface area contributed by atoms with Crippen molar-refractivity contribution in [1.82, 2.24) is 9.55 Å². The van der Waals surface area contributed by atoms with Gasteiger partial charge in [0.25, 0.3) is 0 Å². The number of para-hydroxylation sites is 2. The molecular formula is C16H16ClN3. The highest BCUT2D eigenvalue weighted by Gasteiger charge is 2.05. The van der Waals surface area contributed by atoms with Gasteiger partial charge in [-0.1, -0.05) is 29.8 Å². The Hall–Kier alpha value is -2.00. The molecule has 0 fully saturated rings. The van der Waals surface area contributed by atoms with Crippen molar-refractivity contribution in [3.8, 4) is 0 Å². The molecule has 0 spiro atoms. The molecular weight excluding hydrogens is 270 g/mol. The van der Waals surface area contributed by atoms with Crippen molar-refractivity contribution in [3.63, 3.8) is 0 Å². The van der Waals surface area contributed by atoms with E-state index in [1.165, 1.54) is 5.52 Å². The molecule has 0 atom stereocenters. The van der Waals surface area contributed by atoms with Crippen LogP contribution in [0.15, 0.2) is 48.5 Å². The third-order valence-electron chi connectivity index (χ3n) is 3.33. The van der Waals surface area contributed by atoms with Crippen LogP contribution in [0, 0.1) is 6.92 Å². The fourth-order valence-corrected chi connectivity index (χ4v) is 2.58. The summed E-state index contributed by atoms with van der Waals surface area (Å²) in [5.41, 5.74) is 3.27. The third-order valence-corrected chi connectivity index (χ3v) is 3.57. The first-order valence-corrected chi connectivity index (χ1v) is 7.03. The molecule has 0 radical (unpaired) electrons. The first kappa shape index (κ1) is 13.0. The minimum atomic E-state index is 0.749. The summed E-state index contributed by atoms with van der Waals surface area (Å²) in [4.78, 5) is 4.57. The van der Waals surface area contributed by atoms with Crippen molar-refractivity contribution in [1.29, 1.82) is 0 Å². The predicted molar refractivity (Wildman–Crippen MR) is 84.4 cm³/mol. The first-order valence-electron chi connectivity index (χ1n) is 6.65. The van der Waals surface area contributed by atoms with E-state index in [4.69, 9.17) is 11.6 Å². The van der Waals surface area contributed by atoms with Crippen LogP contribution in [0.3, 0.4) is 0 Å². The Kier molecular flexibility index (Phi) is 3.61. The third kappa shape index (κ3) is 2.63. The number of nitrogens with zero attached hydrogens (tertiary/aromatic N) is 2. The molecule has 3 aromatic rings. The van der Waals surface area contributed by atoms with E-state index in [9.17, 15) is 0 Å². The number of hydrogen-bond acceptors (Lipinski definition) is 2. The van der Waals surface area contributed by atoms with Gasteiger partial charge < -0.3 is 9.88 Å². The number of aryl methyl sites for hydroxylation is 1. The zero-order valence-electron chi connectivity index (χ0n) is 11.3. The van der Waals surface area contributed by atoms with Crippen LogP contribution in [-0.2, 0) is 6.54 Å². The normalized spacial score (nSPS) is 10.9. The fourth-order valence-electron chi connectivity index (χ4n) is 2.39. The van der Waals surface area contributed by atoms with Gasteiger partial charge in [-0.25, -0.2) is 4.98 Å². The van der Waals surface area contributed by atoms with Crippen LogP contribution in [0.25, 0.3) is 11.0 Å². The van der Waals surface area contributed by atoms with Crippen LogP contribution in [0.2, 0.25) is 5.02 Å². The lowest BCUT2D eigenvalue weighted by Crippen LogP contribution is -2.11. The fraction of sp³-hybridized carbons (Fsp3) is 0.188. The number of hydrogen-bond donors (Lipinski definition) is 1. The molecule has 102 valence electrons. The van der Waals surface area contributed by atoms with Gasteiger partial charge in [-0.05, 0) is 37.3 Å². The Bertz CT molecular complexity index is 733. The van der Waals surface area contributed by atoms with E-state index in [0.29, 0.717) is 0 Å². The summed E-state index contributed by atoms with van der Waals surface area (Å²) in [7, 11) is 0. The summed E-state index contributed by atoms with van der Waals surface area (Å²) in [5.74, 6) is 1.04. The SMILES string of the molecule is Cc1nc2ccccc2n1CCNc1cccc(Cl)c1. The van der Waals surface area contributed by atoms with E-state index in [2.05, 4.69) is 20.9 Å². The van der Waals surface area contributed by atoms with Crippen molar-refractivity contribution in [3.05, 3.63) is 59.4 Å². The molecule has 0 aliphatic carbocycles. The Labute approximate surface area is 123 Å². The van der Waals surface area contributed by atoms with E-state index >= 15 is 0 Å². The van der Waals surface area contributed by atoms with Crippen LogP contribution in [0.1, 0.15) is 5.82 Å². The molecule has 1 N–H and O–H groups in total. The second-order valence-electron chi connectivity index (χ2n) is 4.74. The number of rotatable bonds is 4. The smallest absolute Gasteiger partial charge is 0.106 e. The van der Waals surface area contributed by atoms with Gasteiger partial charge >= 0.3 is 0 Å². The molecule has 20 heavy (non-hydrogen) atoms. The number of aromatic nitrogens is 2. The van der Waals surface area contributed by atoms with E-state index in [-0.39, 0.29) is 0 Å². The zero-order chi connectivity index (χ0) is 13.9. The highest BCUT2D eigenvalue weighted by atomic mass is 35.5. The molecule has 0 aliphatic heterocycles. The van der Waals surface area contributed by atoms with Gasteiger partial charge in [0.15, 0.2) is 0 Å². The van der Waals surface area contributed by atoms with Gasteiger partial charge in [0.05, 0.1) is 11.0 Å². The number of fused-ring (bicyclic) bond motifs is 1. The summed E-state index contributed by atoms with van der Waals surface area (Å²) < 4.78 is 2.23. The Morgan fingerprint density at radius 1 is 1.15 bits per heavy atom. The van der Waals surface area contributed by atoms with Crippen LogP contribution >= 0.6 is 11.6 Å². The monoisotopic (exact) mass is 285 g/mol. The average Bonchev–Trinajstić information content (AvgIpc) is 2.75. The average molecular weight is 286 g/mol. The number of anilines is 1. The summed E-state index contributed by atoms with van der Waals surface area (Å²) >= 11 is 5.97. The van der Waals surface area contributed by atoms with E-state index in [1.54, 1.807) is 0 Å². The zero-order valence-corrected chi connectivity index (χ0v) is 12.1. The molecule has 3 rings (SSSR count). The lowest BCUT2D eigenvalue weighted by Gasteiger charge is -2.09. The molecule has 0 aliphatic rings. The van der Waals surface area contributed by atoms with Crippen molar-refractivity contribution >= 4 is 28.3 Å². The molecule has 0 bridgehead atoms. The summed E-state index contributed by atoms with van der Waals surface area (Å²) in [6, 6.07) is 16.0. The van der Waals surface area contributed by atoms with Crippen molar-refractivity contribution < 1.29 is 0 Å². The second-order valence-corrected chi connectivity index (χ2v) is 5.17. The molecule has 2 aromatic carbocycles. The van der Waals surface area contributed by atoms with Gasteiger partial charge in [-0.3, -0.25) is 0 Å². The van der Waals surface area contributed by atoms with Crippen molar-refractivity contribution in [2.45, 2.75) is 13.5 Å². The minimum Gasteiger partial charge on any atom is -0.383 e. The van der Waals surface area contributed by atoms with E-state index < -0.39 is 0 Å². The van der Waals surface area contributed by atoms with Crippen LogP contribution in [-0.4, -0.2) is 16.1 Å². The topological polar surface area (TPSA) is 29.9 Å². The predicted octanol–water partition coefficient (Wildman–Crippen LogP) is 4.11. The lowest BCUT2D eigenvalue weighted by molar-refractivity contribution is 0.721. The van der Waals surface area contributed by atoms with Gasteiger partial charge in [0, 0.05) is 23.8 Å². The van der Waals surface area contributed by atoms with Crippen LogP contribution < -0.4 is 5.32 Å². The van der Waals surface area contributed by atoms with Crippen molar-refractivity contribution in [2.75, 3.05) is 11.9 Å². The number of benzene rings is 2. The number of nitrogens with one attached hydrogen (secondary N) is 1. The number of imidazole rings is 1. The molecule has 1 heterocycles. The largest absolute Gasteiger partial charge is 0.383 e. The Morgan fingerprint density at radius 2 is 2.00 bits per heavy atom. The lowest BCUT2D eigenvalue weighted by atomic mass is 10.3. The van der Waals surface area contributed by atoms with E-state index in [1.807, 2.05) is 49.4 Å². The maximum atomic E-state index is 5.97. The molecule has 1 aromatic heterocycles. The second kappa shape index (κ2) is 5.55. The highest BCUT2D eigenvalue weighted by molar-refractivity contribution is 6.30. The molecule has 0 saturated carbocycles. The van der Waals surface area contributed by atoms with Gasteiger partial charge in [-0.15, -0.1) is 0 Å². The van der Waals surface area contributed by atoms with Gasteiger partial charge in [-0.2, -0.15) is 0 Å². The molecule has 0 unspecified atom stereocenters. The Morgan fingerprint density at radius 3 is 2.85 bits per heavy atom. The summed E-state index contributed by atoms with van der Waals surface area (Å²) in [6.45, 7) is 3.75. The quantitative estimate of drug-likeness (QED) is 0.782. The maximum absolute atomic E-state index is 5.97. The molecule has 3 nitrogen and oxygen atoms in total. The van der Waals surface area contributed by atoms with Gasteiger partial charge in [0.2, 0.25) is 0 Å². The van der Waals surface area contributed by atoms with Crippen LogP contribution in [0.5, 0.6) is 0 Å². The Balaban J connectivity index is 1.73. The van der Waals surface area contributed by atoms with Crippen molar-refractivity contribution in [2.24, 2.45) is 0 Å². The van der Waals surface area contributed by atoms with Gasteiger partial charge in [0.1, 0.15) is 5.82 Å². The summed E-state index contributed by atoms with van der Waals surface area (Å²) in [6.07, 6.45) is 0. The molecule has 0 saturated heterocycles. The highest BCUT2D eigenvalue weighted by Crippen LogP contribution is 2.17. The molecule has 0 amide bonds. The van der Waals surface area contributed by atoms with E-state index in [0.717, 1.165) is 35.1 Å². The first-order chi connectivity index (χ1) is 9.74. The number of halogens is 1. The molecule has 4 heteroatoms. The van der Waals surface area contributed by atoms with Crippen LogP contribution in [0.4, 0.5) is 5.69 Å².